The molecule has 0 saturated heterocycles. The maximum Gasteiger partial charge on any atom is 0.341 e. The number of esters is 1. The van der Waals surface area contributed by atoms with Crippen LogP contribution < -0.4 is 5.32 Å². The van der Waals surface area contributed by atoms with Gasteiger partial charge in [-0.2, -0.15) is 5.26 Å². The van der Waals surface area contributed by atoms with Gasteiger partial charge >= 0.3 is 5.97 Å². The van der Waals surface area contributed by atoms with Gasteiger partial charge in [-0.3, -0.25) is 0 Å². The van der Waals surface area contributed by atoms with E-state index in [1.54, 1.807) is 36.6 Å². The van der Waals surface area contributed by atoms with E-state index in [2.05, 4.69) is 37.1 Å². The van der Waals surface area contributed by atoms with E-state index in [0.29, 0.717) is 39.4 Å². The molecular formula is C27H28FN3O2S2. The monoisotopic (exact) mass is 509 g/mol. The van der Waals surface area contributed by atoms with E-state index < -0.39 is 0 Å². The molecule has 0 saturated carbocycles. The third kappa shape index (κ3) is 5.47. The minimum absolute atomic E-state index is 0.195. The van der Waals surface area contributed by atoms with E-state index in [1.807, 2.05) is 5.38 Å². The number of benzene rings is 1. The first-order valence-electron chi connectivity index (χ1n) is 11.6. The Kier molecular flexibility index (Phi) is 7.39. The number of allylic oxidation sites excluding steroid dienone is 1. The summed E-state index contributed by atoms with van der Waals surface area (Å²) >= 11 is 2.91. The van der Waals surface area contributed by atoms with Crippen molar-refractivity contribution in [3.8, 4) is 17.3 Å². The second-order valence-corrected chi connectivity index (χ2v) is 11.6. The summed E-state index contributed by atoms with van der Waals surface area (Å²) in [6.45, 7) is 8.89. The molecule has 0 bridgehead atoms. The number of ether oxygens (including phenoxy) is 1. The highest BCUT2D eigenvalue weighted by Crippen LogP contribution is 2.44. The largest absolute Gasteiger partial charge is 0.462 e. The van der Waals surface area contributed by atoms with Crippen molar-refractivity contribution in [2.45, 2.75) is 47.0 Å². The molecule has 0 amide bonds. The van der Waals surface area contributed by atoms with Crippen molar-refractivity contribution in [1.29, 1.82) is 5.26 Å². The Morgan fingerprint density at radius 2 is 2.09 bits per heavy atom. The Labute approximate surface area is 213 Å². The average molecular weight is 510 g/mol. The number of carbonyl (C=O) groups is 1. The molecule has 1 aromatic carbocycles. The fourth-order valence-electron chi connectivity index (χ4n) is 4.28. The summed E-state index contributed by atoms with van der Waals surface area (Å²) < 4.78 is 18.6. The second-order valence-electron chi connectivity index (χ2n) is 9.59. The van der Waals surface area contributed by atoms with Crippen molar-refractivity contribution in [3.63, 3.8) is 0 Å². The quantitative estimate of drug-likeness (QED) is 0.278. The summed E-state index contributed by atoms with van der Waals surface area (Å²) in [6, 6.07) is 8.29. The lowest BCUT2D eigenvalue weighted by molar-refractivity contribution is 0.0526. The molecule has 0 spiro atoms. The number of thiazole rings is 1. The molecule has 1 aliphatic rings. The van der Waals surface area contributed by atoms with Gasteiger partial charge in [0.1, 0.15) is 27.5 Å². The Balaban J connectivity index is 1.63. The molecule has 0 radical (unpaired) electrons. The molecule has 182 valence electrons. The molecule has 2 aromatic heterocycles. The van der Waals surface area contributed by atoms with Gasteiger partial charge in [-0.25, -0.2) is 14.2 Å². The smallest absolute Gasteiger partial charge is 0.341 e. The number of carbonyl (C=O) groups excluding carboxylic acids is 1. The van der Waals surface area contributed by atoms with Gasteiger partial charge in [-0.1, -0.05) is 20.8 Å². The average Bonchev–Trinajstić information content (AvgIpc) is 3.44. The minimum atomic E-state index is -0.332. The Hall–Kier alpha value is -3.02. The number of nitrogens with one attached hydrogen (secondary N) is 1. The van der Waals surface area contributed by atoms with Crippen LogP contribution >= 0.6 is 22.7 Å². The molecule has 4 rings (SSSR count). The fourth-order valence-corrected chi connectivity index (χ4v) is 6.36. The van der Waals surface area contributed by atoms with E-state index in [4.69, 9.17) is 4.74 Å². The lowest BCUT2D eigenvalue weighted by Crippen LogP contribution is -2.26. The van der Waals surface area contributed by atoms with Crippen molar-refractivity contribution in [2.24, 2.45) is 11.3 Å². The number of nitriles is 1. The molecule has 1 aliphatic carbocycles. The SMILES string of the molecule is CCOC(=O)c1c(N/C=C(\C#N)c2nc(-c3ccc(F)cc3)cs2)sc2c1CCC(C(C)(C)C)C2. The number of hydrogen-bond acceptors (Lipinski definition) is 7. The minimum Gasteiger partial charge on any atom is -0.462 e. The molecule has 1 N–H and O–H groups in total. The van der Waals surface area contributed by atoms with Gasteiger partial charge < -0.3 is 10.1 Å². The third-order valence-corrected chi connectivity index (χ3v) is 8.37. The van der Waals surface area contributed by atoms with Crippen molar-refractivity contribution in [2.75, 3.05) is 11.9 Å². The van der Waals surface area contributed by atoms with E-state index >= 15 is 0 Å². The van der Waals surface area contributed by atoms with Crippen LogP contribution in [0.5, 0.6) is 0 Å². The van der Waals surface area contributed by atoms with Gasteiger partial charge in [0.05, 0.1) is 17.9 Å². The number of halogens is 1. The number of hydrogen-bond donors (Lipinski definition) is 1. The normalized spacial score (nSPS) is 15.9. The number of aromatic nitrogens is 1. The summed E-state index contributed by atoms with van der Waals surface area (Å²) in [5, 5.41) is 16.1. The van der Waals surface area contributed by atoms with Gasteiger partial charge in [-0.05, 0) is 67.3 Å². The van der Waals surface area contributed by atoms with Crippen LogP contribution in [0.3, 0.4) is 0 Å². The van der Waals surface area contributed by atoms with Crippen LogP contribution in [0.1, 0.15) is 59.9 Å². The zero-order chi connectivity index (χ0) is 25.2. The highest BCUT2D eigenvalue weighted by Gasteiger charge is 2.34. The van der Waals surface area contributed by atoms with Gasteiger partial charge in [0, 0.05) is 22.0 Å². The van der Waals surface area contributed by atoms with Crippen LogP contribution in [0.15, 0.2) is 35.8 Å². The van der Waals surface area contributed by atoms with E-state index in [-0.39, 0.29) is 17.2 Å². The number of fused-ring (bicyclic) bond motifs is 1. The predicted molar refractivity (Wildman–Crippen MR) is 140 cm³/mol. The van der Waals surface area contributed by atoms with Crippen LogP contribution in [0, 0.1) is 28.5 Å². The van der Waals surface area contributed by atoms with Crippen molar-refractivity contribution in [3.05, 3.63) is 62.7 Å². The lowest BCUT2D eigenvalue weighted by Gasteiger charge is -2.33. The maximum absolute atomic E-state index is 13.2. The van der Waals surface area contributed by atoms with Gasteiger partial charge in [0.25, 0.3) is 0 Å². The molecule has 35 heavy (non-hydrogen) atoms. The molecule has 0 fully saturated rings. The molecule has 0 aliphatic heterocycles. The lowest BCUT2D eigenvalue weighted by atomic mass is 9.72. The van der Waals surface area contributed by atoms with Crippen LogP contribution in [-0.2, 0) is 17.6 Å². The number of anilines is 1. The molecular weight excluding hydrogens is 481 g/mol. The van der Waals surface area contributed by atoms with Crippen LogP contribution in [0.2, 0.25) is 0 Å². The third-order valence-electron chi connectivity index (χ3n) is 6.31. The van der Waals surface area contributed by atoms with Gasteiger partial charge in [0.15, 0.2) is 0 Å². The van der Waals surface area contributed by atoms with Crippen LogP contribution in [0.25, 0.3) is 16.8 Å². The maximum atomic E-state index is 13.2. The summed E-state index contributed by atoms with van der Waals surface area (Å²) in [7, 11) is 0. The molecule has 5 nitrogen and oxygen atoms in total. The number of rotatable bonds is 6. The second kappa shape index (κ2) is 10.3. The van der Waals surface area contributed by atoms with Gasteiger partial charge in [-0.15, -0.1) is 22.7 Å². The Morgan fingerprint density at radius 3 is 2.74 bits per heavy atom. The molecule has 1 unspecified atom stereocenters. The molecule has 1 atom stereocenters. The number of thiophene rings is 1. The Bertz CT molecular complexity index is 1290. The number of nitrogens with zero attached hydrogens (tertiary/aromatic N) is 2. The van der Waals surface area contributed by atoms with Crippen molar-refractivity contribution in [1.82, 2.24) is 4.98 Å². The molecule has 8 heteroatoms. The van der Waals surface area contributed by atoms with E-state index in [9.17, 15) is 14.4 Å². The first kappa shape index (κ1) is 25.1. The molecule has 3 aromatic rings. The van der Waals surface area contributed by atoms with Crippen molar-refractivity contribution >= 4 is 39.2 Å². The zero-order valence-corrected chi connectivity index (χ0v) is 21.9. The highest BCUT2D eigenvalue weighted by molar-refractivity contribution is 7.16. The van der Waals surface area contributed by atoms with Crippen LogP contribution in [0.4, 0.5) is 9.39 Å². The zero-order valence-electron chi connectivity index (χ0n) is 20.3. The standard InChI is InChI=1S/C27H28FN3O2S2/c1-5-33-26(32)23-20-11-8-18(27(2,3)4)12-22(20)35-25(23)30-14-17(13-29)24-31-21(15-34-24)16-6-9-19(28)10-7-16/h6-7,9-10,14-15,18,30H,5,8,11-12H2,1-4H3/b17-14+. The van der Waals surface area contributed by atoms with E-state index in [1.165, 1.54) is 28.3 Å². The topological polar surface area (TPSA) is 75.0 Å². The summed E-state index contributed by atoms with van der Waals surface area (Å²) in [6.07, 6.45) is 4.41. The van der Waals surface area contributed by atoms with Crippen LogP contribution in [-0.4, -0.2) is 17.6 Å². The summed E-state index contributed by atoms with van der Waals surface area (Å²) in [4.78, 5) is 18.6. The molecule has 2 heterocycles. The fraction of sp³-hybridized carbons (Fsp3) is 0.370. The Morgan fingerprint density at radius 1 is 1.34 bits per heavy atom. The summed E-state index contributed by atoms with van der Waals surface area (Å²) in [5.74, 6) is -0.0979. The first-order valence-corrected chi connectivity index (χ1v) is 13.3. The predicted octanol–water partition coefficient (Wildman–Crippen LogP) is 7.31. The van der Waals surface area contributed by atoms with Crippen molar-refractivity contribution < 1.29 is 13.9 Å². The summed E-state index contributed by atoms with van der Waals surface area (Å²) in [5.41, 5.74) is 3.66. The van der Waals surface area contributed by atoms with Gasteiger partial charge in [0.2, 0.25) is 0 Å². The van der Waals surface area contributed by atoms with E-state index in [0.717, 1.165) is 30.4 Å². The highest BCUT2D eigenvalue weighted by atomic mass is 32.1. The first-order chi connectivity index (χ1) is 16.7.